The lowest BCUT2D eigenvalue weighted by atomic mass is 10.00. The molecule has 3 amide bonds. The first kappa shape index (κ1) is 18.4. The van der Waals surface area contributed by atoms with Crippen LogP contribution < -0.4 is 5.32 Å². The lowest BCUT2D eigenvalue weighted by Crippen LogP contribution is -2.46. The van der Waals surface area contributed by atoms with Crippen LogP contribution >= 0.6 is 0 Å². The molecule has 28 heavy (non-hydrogen) atoms. The van der Waals surface area contributed by atoms with Crippen molar-refractivity contribution in [2.75, 3.05) is 11.5 Å². The highest BCUT2D eigenvalue weighted by molar-refractivity contribution is 7.91. The number of furan rings is 1. The van der Waals surface area contributed by atoms with Gasteiger partial charge in [0.25, 0.3) is 17.7 Å². The second-order valence-electron chi connectivity index (χ2n) is 7.39. The highest BCUT2D eigenvalue weighted by Gasteiger charge is 2.40. The number of benzene rings is 1. The molecule has 9 heteroatoms. The molecule has 3 heterocycles. The molecule has 1 unspecified atom stereocenters. The smallest absolute Gasteiger partial charge is 0.261 e. The van der Waals surface area contributed by atoms with E-state index in [0.29, 0.717) is 12.2 Å². The molecule has 1 atom stereocenters. The maximum atomic E-state index is 12.7. The van der Waals surface area contributed by atoms with Gasteiger partial charge in [-0.05, 0) is 43.7 Å². The average Bonchev–Trinajstić information content (AvgIpc) is 3.30. The summed E-state index contributed by atoms with van der Waals surface area (Å²) in [6.07, 6.45) is 1.79. The molecule has 0 saturated carbocycles. The van der Waals surface area contributed by atoms with Gasteiger partial charge in [-0.3, -0.25) is 19.3 Å². The van der Waals surface area contributed by atoms with Gasteiger partial charge in [0.15, 0.2) is 9.84 Å². The third-order valence-corrected chi connectivity index (χ3v) is 6.95. The lowest BCUT2D eigenvalue weighted by Gasteiger charge is -2.23. The molecule has 0 radical (unpaired) electrons. The number of fused-ring (bicyclic) bond motifs is 1. The number of sulfone groups is 1. The zero-order valence-electron chi connectivity index (χ0n) is 15.1. The number of nitrogens with one attached hydrogen (secondary N) is 1. The van der Waals surface area contributed by atoms with Gasteiger partial charge in [0.1, 0.15) is 5.76 Å². The maximum absolute atomic E-state index is 12.7. The van der Waals surface area contributed by atoms with Crippen molar-refractivity contribution in [1.82, 2.24) is 10.2 Å². The number of amides is 3. The first-order chi connectivity index (χ1) is 13.2. The van der Waals surface area contributed by atoms with Crippen LogP contribution in [-0.4, -0.2) is 48.1 Å². The van der Waals surface area contributed by atoms with E-state index in [1.54, 1.807) is 19.1 Å². The third-order valence-electron chi connectivity index (χ3n) is 5.05. The zero-order chi connectivity index (χ0) is 20.1. The Labute approximate surface area is 161 Å². The highest BCUT2D eigenvalue weighted by Crippen LogP contribution is 2.27. The molecular weight excluding hydrogens is 384 g/mol. The van der Waals surface area contributed by atoms with Crippen LogP contribution in [0.3, 0.4) is 0 Å². The van der Waals surface area contributed by atoms with Crippen molar-refractivity contribution >= 4 is 27.6 Å². The Morgan fingerprint density at radius 1 is 1.21 bits per heavy atom. The number of hydrogen-bond acceptors (Lipinski definition) is 6. The number of hydrogen-bond donors (Lipinski definition) is 1. The molecule has 146 valence electrons. The number of carbonyl (C=O) groups is 3. The summed E-state index contributed by atoms with van der Waals surface area (Å²) < 4.78 is 28.6. The minimum absolute atomic E-state index is 0.0107. The zero-order valence-corrected chi connectivity index (χ0v) is 15.9. The van der Waals surface area contributed by atoms with E-state index in [1.165, 1.54) is 24.5 Å². The minimum Gasteiger partial charge on any atom is -0.467 e. The van der Waals surface area contributed by atoms with Gasteiger partial charge in [0, 0.05) is 5.56 Å². The Morgan fingerprint density at radius 3 is 2.61 bits per heavy atom. The van der Waals surface area contributed by atoms with E-state index in [2.05, 4.69) is 5.32 Å². The van der Waals surface area contributed by atoms with Crippen LogP contribution in [0, 0.1) is 0 Å². The monoisotopic (exact) mass is 402 g/mol. The van der Waals surface area contributed by atoms with E-state index in [1.807, 2.05) is 0 Å². The summed E-state index contributed by atoms with van der Waals surface area (Å²) in [7, 11) is -3.17. The van der Waals surface area contributed by atoms with Crippen molar-refractivity contribution in [3.63, 3.8) is 0 Å². The summed E-state index contributed by atoms with van der Waals surface area (Å²) in [6, 6.07) is 7.61. The van der Waals surface area contributed by atoms with Crippen LogP contribution in [0.1, 0.15) is 50.2 Å². The highest BCUT2D eigenvalue weighted by atomic mass is 32.2. The number of rotatable bonds is 4. The molecule has 0 aliphatic carbocycles. The Morgan fingerprint density at radius 2 is 1.96 bits per heavy atom. The maximum Gasteiger partial charge on any atom is 0.261 e. The second kappa shape index (κ2) is 6.30. The van der Waals surface area contributed by atoms with E-state index < -0.39 is 33.1 Å². The molecule has 2 aromatic rings. The van der Waals surface area contributed by atoms with E-state index in [4.69, 9.17) is 4.42 Å². The molecule has 1 aromatic carbocycles. The van der Waals surface area contributed by atoms with Gasteiger partial charge in [-0.2, -0.15) is 0 Å². The second-order valence-corrected chi connectivity index (χ2v) is 9.58. The van der Waals surface area contributed by atoms with Gasteiger partial charge >= 0.3 is 0 Å². The van der Waals surface area contributed by atoms with Crippen LogP contribution in [-0.2, 0) is 16.4 Å². The van der Waals surface area contributed by atoms with Crippen molar-refractivity contribution in [2.45, 2.75) is 25.4 Å². The quantitative estimate of drug-likeness (QED) is 0.773. The molecule has 8 nitrogen and oxygen atoms in total. The third kappa shape index (κ3) is 3.22. The molecular formula is C19H18N2O6S. The Hall–Kier alpha value is -2.94. The fourth-order valence-electron chi connectivity index (χ4n) is 3.59. The van der Waals surface area contributed by atoms with Crippen LogP contribution in [0.25, 0.3) is 0 Å². The summed E-state index contributed by atoms with van der Waals surface area (Å²) in [6.45, 7) is 1.69. The van der Waals surface area contributed by atoms with Crippen molar-refractivity contribution in [2.24, 2.45) is 0 Å². The van der Waals surface area contributed by atoms with Crippen LogP contribution in [0.4, 0.5) is 0 Å². The minimum atomic E-state index is -3.17. The average molecular weight is 402 g/mol. The topological polar surface area (TPSA) is 114 Å². The van der Waals surface area contributed by atoms with Gasteiger partial charge < -0.3 is 9.73 Å². The van der Waals surface area contributed by atoms with Gasteiger partial charge in [0.05, 0.1) is 41.0 Å². The predicted octanol–water partition coefficient (Wildman–Crippen LogP) is 1.38. The van der Waals surface area contributed by atoms with Gasteiger partial charge in [-0.15, -0.1) is 0 Å². The van der Waals surface area contributed by atoms with Crippen molar-refractivity contribution in [3.8, 4) is 0 Å². The summed E-state index contributed by atoms with van der Waals surface area (Å²) in [5.41, 5.74) is -0.276. The predicted molar refractivity (Wildman–Crippen MR) is 98.5 cm³/mol. The molecule has 1 saturated heterocycles. The Balaban J connectivity index is 1.55. The van der Waals surface area contributed by atoms with Crippen LogP contribution in [0.5, 0.6) is 0 Å². The van der Waals surface area contributed by atoms with E-state index in [9.17, 15) is 22.8 Å². The normalized spacial score (nSPS) is 23.1. The first-order valence-electron chi connectivity index (χ1n) is 8.73. The first-order valence-corrected chi connectivity index (χ1v) is 10.6. The summed E-state index contributed by atoms with van der Waals surface area (Å²) in [5.74, 6) is -1.04. The molecule has 0 spiro atoms. The van der Waals surface area contributed by atoms with Crippen LogP contribution in [0.2, 0.25) is 0 Å². The molecule has 1 N–H and O–H groups in total. The standard InChI is InChI=1S/C19H18N2O6S/c1-19(6-8-28(25,26)11-19)20-16(22)12-4-5-14-15(9-12)18(24)21(17(14)23)10-13-3-2-7-27-13/h2-5,7,9H,6,8,10-11H2,1H3,(H,20,22). The summed E-state index contributed by atoms with van der Waals surface area (Å²) in [4.78, 5) is 38.8. The molecule has 0 bridgehead atoms. The van der Waals surface area contributed by atoms with Crippen molar-refractivity contribution in [1.29, 1.82) is 0 Å². The molecule has 4 rings (SSSR count). The lowest BCUT2D eigenvalue weighted by molar-refractivity contribution is 0.0631. The molecule has 2 aliphatic heterocycles. The largest absolute Gasteiger partial charge is 0.467 e. The van der Waals surface area contributed by atoms with Crippen molar-refractivity contribution in [3.05, 3.63) is 59.0 Å². The van der Waals surface area contributed by atoms with E-state index in [-0.39, 0.29) is 34.7 Å². The summed E-state index contributed by atoms with van der Waals surface area (Å²) in [5, 5.41) is 2.75. The Bertz CT molecular complexity index is 1090. The van der Waals surface area contributed by atoms with Gasteiger partial charge in [-0.1, -0.05) is 0 Å². The molecule has 2 aliphatic rings. The van der Waals surface area contributed by atoms with Gasteiger partial charge in [-0.25, -0.2) is 8.42 Å². The fraction of sp³-hybridized carbons (Fsp3) is 0.316. The number of imide groups is 1. The van der Waals surface area contributed by atoms with E-state index >= 15 is 0 Å². The Kier molecular flexibility index (Phi) is 4.15. The van der Waals surface area contributed by atoms with Crippen molar-refractivity contribution < 1.29 is 27.2 Å². The fourth-order valence-corrected chi connectivity index (χ4v) is 5.68. The summed E-state index contributed by atoms with van der Waals surface area (Å²) >= 11 is 0. The molecule has 1 fully saturated rings. The van der Waals surface area contributed by atoms with Crippen LogP contribution in [0.15, 0.2) is 41.0 Å². The van der Waals surface area contributed by atoms with Gasteiger partial charge in [0.2, 0.25) is 0 Å². The molecule has 1 aromatic heterocycles. The van der Waals surface area contributed by atoms with E-state index in [0.717, 1.165) is 4.90 Å². The number of carbonyl (C=O) groups excluding carboxylic acids is 3. The number of nitrogens with zero attached hydrogens (tertiary/aromatic N) is 1. The SMILES string of the molecule is CC1(NC(=O)c2ccc3c(c2)C(=O)N(Cc2ccco2)C3=O)CCS(=O)(=O)C1.